The number of rotatable bonds is 4. The van der Waals surface area contributed by atoms with Crippen LogP contribution in [-0.2, 0) is 6.54 Å². The van der Waals surface area contributed by atoms with Crippen molar-refractivity contribution in [2.45, 2.75) is 13.5 Å². The molecule has 1 aromatic heterocycles. The molecule has 0 bridgehead atoms. The molecule has 0 fully saturated rings. The van der Waals surface area contributed by atoms with Crippen LogP contribution < -0.4 is 10.3 Å². The van der Waals surface area contributed by atoms with Crippen molar-refractivity contribution in [3.05, 3.63) is 51.3 Å². The van der Waals surface area contributed by atoms with E-state index in [1.54, 1.807) is 31.2 Å². The van der Waals surface area contributed by atoms with Crippen molar-refractivity contribution in [3.8, 4) is 17.0 Å². The molecule has 1 heterocycles. The van der Waals surface area contributed by atoms with Gasteiger partial charge in [-0.3, -0.25) is 4.79 Å². The minimum absolute atomic E-state index is 0.262. The van der Waals surface area contributed by atoms with Crippen molar-refractivity contribution in [1.29, 1.82) is 0 Å². The first kappa shape index (κ1) is 15.1. The van der Waals surface area contributed by atoms with E-state index in [-0.39, 0.29) is 5.56 Å². The Bertz CT molecular complexity index is 752. The summed E-state index contributed by atoms with van der Waals surface area (Å²) >= 11 is 6.00. The Balaban J connectivity index is 2.76. The second kappa shape index (κ2) is 6.01. The predicted molar refractivity (Wildman–Crippen MR) is 80.3 cm³/mol. The average molecular weight is 308 g/mol. The van der Waals surface area contributed by atoms with E-state index in [1.807, 2.05) is 0 Å². The molecule has 6 heteroatoms. The number of methoxy groups -OCH3 is 1. The number of halogens is 1. The first-order valence-corrected chi connectivity index (χ1v) is 6.68. The average Bonchev–Trinajstić information content (AvgIpc) is 2.46. The van der Waals surface area contributed by atoms with Crippen LogP contribution in [0.15, 0.2) is 35.1 Å². The molecule has 0 spiro atoms. The molecule has 1 aromatic carbocycles. The first-order chi connectivity index (χ1) is 9.99. The third-order valence-electron chi connectivity index (χ3n) is 3.16. The number of ether oxygens (including phenoxy) is 1. The second-order valence-electron chi connectivity index (χ2n) is 4.33. The van der Waals surface area contributed by atoms with Crippen LogP contribution in [0.2, 0.25) is 5.02 Å². The zero-order chi connectivity index (χ0) is 15.6. The number of hydrogen-bond donors (Lipinski definition) is 1. The van der Waals surface area contributed by atoms with Gasteiger partial charge in [0.2, 0.25) is 0 Å². The molecule has 0 saturated carbocycles. The SMILES string of the molecule is CCn1c(-c2cc(Cl)ccc2OC)ccc(C(=O)O)c1=O. The summed E-state index contributed by atoms with van der Waals surface area (Å²) in [7, 11) is 1.52. The molecule has 1 N–H and O–H groups in total. The lowest BCUT2D eigenvalue weighted by Crippen LogP contribution is -2.26. The van der Waals surface area contributed by atoms with Gasteiger partial charge in [0, 0.05) is 17.1 Å². The van der Waals surface area contributed by atoms with E-state index < -0.39 is 11.5 Å². The Morgan fingerprint density at radius 3 is 2.62 bits per heavy atom. The minimum Gasteiger partial charge on any atom is -0.496 e. The molecular weight excluding hydrogens is 294 g/mol. The third-order valence-corrected chi connectivity index (χ3v) is 3.39. The van der Waals surface area contributed by atoms with Gasteiger partial charge >= 0.3 is 5.97 Å². The maximum absolute atomic E-state index is 12.2. The van der Waals surface area contributed by atoms with Crippen molar-refractivity contribution >= 4 is 17.6 Å². The molecule has 5 nitrogen and oxygen atoms in total. The summed E-state index contributed by atoms with van der Waals surface area (Å²) in [6, 6.07) is 7.95. The highest BCUT2D eigenvalue weighted by Gasteiger charge is 2.16. The summed E-state index contributed by atoms with van der Waals surface area (Å²) in [6.45, 7) is 2.11. The van der Waals surface area contributed by atoms with Crippen molar-refractivity contribution in [2.75, 3.05) is 7.11 Å². The molecule has 110 valence electrons. The largest absolute Gasteiger partial charge is 0.496 e. The molecule has 2 rings (SSSR count). The van der Waals surface area contributed by atoms with Gasteiger partial charge in [0.05, 0.1) is 12.8 Å². The van der Waals surface area contributed by atoms with Gasteiger partial charge in [-0.15, -0.1) is 0 Å². The van der Waals surface area contributed by atoms with Gasteiger partial charge in [-0.2, -0.15) is 0 Å². The fourth-order valence-corrected chi connectivity index (χ4v) is 2.34. The zero-order valence-electron chi connectivity index (χ0n) is 11.6. The smallest absolute Gasteiger partial charge is 0.341 e. The molecule has 0 radical (unpaired) electrons. The summed E-state index contributed by atoms with van der Waals surface area (Å²) in [5.74, 6) is -0.684. The fourth-order valence-electron chi connectivity index (χ4n) is 2.17. The van der Waals surface area contributed by atoms with Crippen LogP contribution in [0.25, 0.3) is 11.3 Å². The number of hydrogen-bond acceptors (Lipinski definition) is 3. The zero-order valence-corrected chi connectivity index (χ0v) is 12.3. The number of nitrogens with zero attached hydrogens (tertiary/aromatic N) is 1. The molecule has 0 amide bonds. The highest BCUT2D eigenvalue weighted by molar-refractivity contribution is 6.31. The predicted octanol–water partition coefficient (Wildman–Crippen LogP) is 2.90. The maximum atomic E-state index is 12.2. The van der Waals surface area contributed by atoms with Gasteiger partial charge in [-0.05, 0) is 37.3 Å². The molecule has 0 unspecified atom stereocenters. The maximum Gasteiger partial charge on any atom is 0.341 e. The van der Waals surface area contributed by atoms with E-state index in [0.717, 1.165) is 0 Å². The van der Waals surface area contributed by atoms with E-state index >= 15 is 0 Å². The summed E-state index contributed by atoms with van der Waals surface area (Å²) in [5.41, 5.74) is 0.388. The van der Waals surface area contributed by atoms with Gasteiger partial charge in [-0.25, -0.2) is 4.79 Å². The number of carboxylic acids is 1. The van der Waals surface area contributed by atoms with Crippen LogP contribution in [0.1, 0.15) is 17.3 Å². The van der Waals surface area contributed by atoms with Crippen LogP contribution in [0.5, 0.6) is 5.75 Å². The van der Waals surface area contributed by atoms with Gasteiger partial charge in [-0.1, -0.05) is 11.6 Å². The highest BCUT2D eigenvalue weighted by atomic mass is 35.5. The molecule has 0 saturated heterocycles. The Morgan fingerprint density at radius 1 is 1.33 bits per heavy atom. The lowest BCUT2D eigenvalue weighted by atomic mass is 10.1. The quantitative estimate of drug-likeness (QED) is 0.943. The van der Waals surface area contributed by atoms with E-state index in [1.165, 1.54) is 17.7 Å². The number of benzene rings is 1. The van der Waals surface area contributed by atoms with Crippen molar-refractivity contribution < 1.29 is 14.6 Å². The molecule has 0 aliphatic rings. The standard InChI is InChI=1S/C15H14ClNO4/c1-3-17-12(6-5-10(14(17)18)15(19)20)11-8-9(16)4-7-13(11)21-2/h4-8H,3H2,1-2H3,(H,19,20). The number of carboxylic acid groups (broad SMARTS) is 1. The number of aromatic carboxylic acids is 1. The van der Waals surface area contributed by atoms with Crippen LogP contribution in [0.3, 0.4) is 0 Å². The molecule has 21 heavy (non-hydrogen) atoms. The van der Waals surface area contributed by atoms with Crippen LogP contribution >= 0.6 is 11.6 Å². The number of pyridine rings is 1. The van der Waals surface area contributed by atoms with E-state index in [2.05, 4.69) is 0 Å². The lowest BCUT2D eigenvalue weighted by Gasteiger charge is -2.15. The number of carbonyl (C=O) groups is 1. The monoisotopic (exact) mass is 307 g/mol. The van der Waals surface area contributed by atoms with E-state index in [9.17, 15) is 9.59 Å². The van der Waals surface area contributed by atoms with Gasteiger partial charge in [0.25, 0.3) is 5.56 Å². The molecule has 0 atom stereocenters. The van der Waals surface area contributed by atoms with Crippen molar-refractivity contribution in [1.82, 2.24) is 4.57 Å². The molecule has 2 aromatic rings. The fraction of sp³-hybridized carbons (Fsp3) is 0.200. The molecular formula is C15H14ClNO4. The minimum atomic E-state index is -1.24. The van der Waals surface area contributed by atoms with Crippen LogP contribution in [-0.4, -0.2) is 22.8 Å². The van der Waals surface area contributed by atoms with Crippen molar-refractivity contribution in [2.24, 2.45) is 0 Å². The van der Waals surface area contributed by atoms with E-state index in [4.69, 9.17) is 21.4 Å². The number of aromatic nitrogens is 1. The topological polar surface area (TPSA) is 68.5 Å². The Kier molecular flexibility index (Phi) is 4.33. The van der Waals surface area contributed by atoms with Crippen LogP contribution in [0.4, 0.5) is 0 Å². The highest BCUT2D eigenvalue weighted by Crippen LogP contribution is 2.32. The Morgan fingerprint density at radius 2 is 2.05 bits per heavy atom. The normalized spacial score (nSPS) is 10.4. The van der Waals surface area contributed by atoms with E-state index in [0.29, 0.717) is 28.6 Å². The molecule has 0 aliphatic carbocycles. The summed E-state index contributed by atoms with van der Waals surface area (Å²) in [5, 5.41) is 9.54. The Hall–Kier alpha value is -2.27. The molecule has 0 aliphatic heterocycles. The Labute approximate surface area is 126 Å². The second-order valence-corrected chi connectivity index (χ2v) is 4.77. The van der Waals surface area contributed by atoms with Crippen LogP contribution in [0, 0.1) is 0 Å². The summed E-state index contributed by atoms with van der Waals surface area (Å²) in [4.78, 5) is 23.3. The van der Waals surface area contributed by atoms with Gasteiger partial charge < -0.3 is 14.4 Å². The van der Waals surface area contributed by atoms with Gasteiger partial charge in [0.15, 0.2) is 0 Å². The summed E-state index contributed by atoms with van der Waals surface area (Å²) < 4.78 is 6.67. The first-order valence-electron chi connectivity index (χ1n) is 6.30. The summed E-state index contributed by atoms with van der Waals surface area (Å²) in [6.07, 6.45) is 0. The van der Waals surface area contributed by atoms with Gasteiger partial charge in [0.1, 0.15) is 11.3 Å². The third kappa shape index (κ3) is 2.78. The van der Waals surface area contributed by atoms with Crippen molar-refractivity contribution in [3.63, 3.8) is 0 Å². The lowest BCUT2D eigenvalue weighted by molar-refractivity contribution is 0.0694.